The molecule has 0 saturated heterocycles. The van der Waals surface area contributed by atoms with Gasteiger partial charge in [-0.05, 0) is 35.8 Å². The van der Waals surface area contributed by atoms with Crippen LogP contribution in [0.5, 0.6) is 0 Å². The van der Waals surface area contributed by atoms with E-state index in [1.807, 2.05) is 6.07 Å². The van der Waals surface area contributed by atoms with Gasteiger partial charge in [0.05, 0.1) is 18.3 Å². The van der Waals surface area contributed by atoms with Gasteiger partial charge in [0, 0.05) is 48.1 Å². The van der Waals surface area contributed by atoms with Gasteiger partial charge in [-0.1, -0.05) is 77.8 Å². The molecule has 1 heterocycles. The Labute approximate surface area is 226 Å². The molecule has 0 fully saturated rings. The average Bonchev–Trinajstić information content (AvgIpc) is 3.34. The Hall–Kier alpha value is -1.73. The number of nitrogens with zero attached hydrogens (tertiary/aromatic N) is 1. The largest absolute Gasteiger partial charge is 0.382 e. The van der Waals surface area contributed by atoms with E-state index in [0.717, 1.165) is 52.3 Å². The van der Waals surface area contributed by atoms with Crippen LogP contribution in [-0.2, 0) is 14.2 Å². The molecule has 2 unspecified atom stereocenters. The Morgan fingerprint density at radius 2 is 1.65 bits per heavy atom. The Kier molecular flexibility index (Phi) is 11.6. The molecule has 206 valence electrons. The van der Waals surface area contributed by atoms with Gasteiger partial charge in [-0.2, -0.15) is 10.9 Å². The van der Waals surface area contributed by atoms with Crippen molar-refractivity contribution in [2.24, 2.45) is 4.99 Å². The first-order valence-electron chi connectivity index (χ1n) is 13.8. The molecule has 2 atom stereocenters. The van der Waals surface area contributed by atoms with Gasteiger partial charge in [-0.15, -0.1) is 0 Å². The van der Waals surface area contributed by atoms with Gasteiger partial charge in [0.2, 0.25) is 0 Å². The molecule has 2 aromatic carbocycles. The van der Waals surface area contributed by atoms with Gasteiger partial charge in [0.25, 0.3) is 0 Å². The second-order valence-electron chi connectivity index (χ2n) is 10.3. The molecule has 0 radical (unpaired) electrons. The van der Waals surface area contributed by atoms with Crippen molar-refractivity contribution in [3.8, 4) is 11.1 Å². The van der Waals surface area contributed by atoms with E-state index in [2.05, 4.69) is 58.9 Å². The molecule has 0 N–H and O–H groups in total. The van der Waals surface area contributed by atoms with Gasteiger partial charge in [0.15, 0.2) is 6.29 Å². The van der Waals surface area contributed by atoms with Crippen LogP contribution in [0.2, 0.25) is 0 Å². The number of hydrogen-bond acceptors (Lipinski definition) is 4. The molecule has 4 nitrogen and oxygen atoms in total. The molecule has 1 aliphatic heterocycles. The molecule has 0 aliphatic carbocycles. The fraction of sp³-hybridized carbons (Fsp3) is 0.581. The topological polar surface area (TPSA) is 40.0 Å². The van der Waals surface area contributed by atoms with Crippen molar-refractivity contribution in [3.63, 3.8) is 0 Å². The third-order valence-corrected chi connectivity index (χ3v) is 9.59. The first kappa shape index (κ1) is 29.8. The van der Waals surface area contributed by atoms with Crippen molar-refractivity contribution in [1.29, 1.82) is 0 Å². The van der Waals surface area contributed by atoms with Crippen molar-refractivity contribution in [1.82, 2.24) is 0 Å². The summed E-state index contributed by atoms with van der Waals surface area (Å²) in [5, 5.41) is 1.28. The standard InChI is InChI=1S/C31H46FNO3S/c1-8-9-11-16-24-33-17-20-37(24)30-26(22(4)5)29(32)25(21(2)3)28(31(35-7)36-19-18-34-6)27(30)23-14-12-10-13-15-23/h10,12-15,21-22,31,37H,8-9,11,16-20H2,1-7H3. The zero-order valence-corrected chi connectivity index (χ0v) is 24.7. The zero-order chi connectivity index (χ0) is 26.9. The highest BCUT2D eigenvalue weighted by molar-refractivity contribution is 8.30. The molecule has 0 saturated carbocycles. The van der Waals surface area contributed by atoms with E-state index in [1.54, 1.807) is 14.2 Å². The van der Waals surface area contributed by atoms with Gasteiger partial charge in [0.1, 0.15) is 5.82 Å². The van der Waals surface area contributed by atoms with Crippen LogP contribution in [0.25, 0.3) is 11.1 Å². The molecule has 37 heavy (non-hydrogen) atoms. The Bertz CT molecular complexity index is 1040. The first-order chi connectivity index (χ1) is 17.9. The molecular formula is C31H46FNO3S. The average molecular weight is 532 g/mol. The molecule has 0 bridgehead atoms. The van der Waals surface area contributed by atoms with Crippen molar-refractivity contribution in [3.05, 3.63) is 52.8 Å². The minimum absolute atomic E-state index is 0.0401. The third-order valence-electron chi connectivity index (χ3n) is 6.95. The molecule has 6 heteroatoms. The van der Waals surface area contributed by atoms with E-state index in [0.29, 0.717) is 18.8 Å². The van der Waals surface area contributed by atoms with Crippen LogP contribution in [0.4, 0.5) is 4.39 Å². The Morgan fingerprint density at radius 3 is 2.24 bits per heavy atom. The predicted octanol–water partition coefficient (Wildman–Crippen LogP) is 8.40. The van der Waals surface area contributed by atoms with E-state index >= 15 is 4.39 Å². The fourth-order valence-electron chi connectivity index (χ4n) is 5.27. The molecule has 0 spiro atoms. The summed E-state index contributed by atoms with van der Waals surface area (Å²) in [7, 11) is 2.54. The third kappa shape index (κ3) is 6.83. The maximum absolute atomic E-state index is 16.8. The second kappa shape index (κ2) is 14.4. The summed E-state index contributed by atoms with van der Waals surface area (Å²) in [5.74, 6) is 0.869. The summed E-state index contributed by atoms with van der Waals surface area (Å²) in [4.78, 5) is 6.12. The number of unbranched alkanes of at least 4 members (excludes halogenated alkanes) is 2. The van der Waals surface area contributed by atoms with Crippen LogP contribution in [0.3, 0.4) is 0 Å². The summed E-state index contributed by atoms with van der Waals surface area (Å²) in [6.45, 7) is 12.2. The lowest BCUT2D eigenvalue weighted by Crippen LogP contribution is -2.19. The number of halogens is 1. The van der Waals surface area contributed by atoms with Crippen LogP contribution in [-0.4, -0.2) is 44.8 Å². The van der Waals surface area contributed by atoms with Crippen molar-refractivity contribution in [2.75, 3.05) is 39.7 Å². The number of rotatable bonds is 14. The second-order valence-corrected chi connectivity index (χ2v) is 12.6. The predicted molar refractivity (Wildman–Crippen MR) is 156 cm³/mol. The van der Waals surface area contributed by atoms with Crippen LogP contribution in [0.15, 0.2) is 40.2 Å². The van der Waals surface area contributed by atoms with Crippen molar-refractivity contribution in [2.45, 2.75) is 83.3 Å². The summed E-state index contributed by atoms with van der Waals surface area (Å²) in [5.41, 5.74) is 4.51. The number of thiol groups is 1. The SMILES string of the molecule is CCCCCC1=NCC[SH]1c1c(-c2ccccc2)c(C(OC)OCCOC)c(C(C)C)c(F)c1C(C)C. The quantitative estimate of drug-likeness (QED) is 0.151. The zero-order valence-electron chi connectivity index (χ0n) is 23.8. The highest BCUT2D eigenvalue weighted by atomic mass is 32.2. The summed E-state index contributed by atoms with van der Waals surface area (Å²) in [6.07, 6.45) is 3.79. The van der Waals surface area contributed by atoms with E-state index in [1.165, 1.54) is 17.9 Å². The Balaban J connectivity index is 2.38. The molecule has 0 aromatic heterocycles. The lowest BCUT2D eigenvalue weighted by Gasteiger charge is -2.34. The van der Waals surface area contributed by atoms with Crippen LogP contribution >= 0.6 is 10.9 Å². The lowest BCUT2D eigenvalue weighted by atomic mass is 9.84. The number of aliphatic imine (C=N–C) groups is 1. The monoisotopic (exact) mass is 531 g/mol. The molecule has 3 rings (SSSR count). The number of hydrogen-bond donors (Lipinski definition) is 1. The van der Waals surface area contributed by atoms with Crippen LogP contribution in [0, 0.1) is 5.82 Å². The summed E-state index contributed by atoms with van der Waals surface area (Å²) < 4.78 is 34.2. The normalized spacial score (nSPS) is 17.6. The molecule has 0 amide bonds. The number of methoxy groups -OCH3 is 2. The maximum atomic E-state index is 16.8. The summed E-state index contributed by atoms with van der Waals surface area (Å²) in [6, 6.07) is 10.4. The molecule has 1 aliphatic rings. The Morgan fingerprint density at radius 1 is 0.946 bits per heavy atom. The van der Waals surface area contributed by atoms with Gasteiger partial charge >= 0.3 is 0 Å². The van der Waals surface area contributed by atoms with E-state index in [4.69, 9.17) is 19.2 Å². The van der Waals surface area contributed by atoms with E-state index in [9.17, 15) is 0 Å². The van der Waals surface area contributed by atoms with E-state index < -0.39 is 17.2 Å². The number of ether oxygens (including phenoxy) is 3. The van der Waals surface area contributed by atoms with Gasteiger partial charge < -0.3 is 14.2 Å². The lowest BCUT2D eigenvalue weighted by molar-refractivity contribution is -0.136. The van der Waals surface area contributed by atoms with Crippen LogP contribution < -0.4 is 0 Å². The number of benzene rings is 2. The highest BCUT2D eigenvalue weighted by Gasteiger charge is 2.35. The molecule has 2 aromatic rings. The smallest absolute Gasteiger partial charge is 0.184 e. The van der Waals surface area contributed by atoms with Crippen molar-refractivity contribution < 1.29 is 18.6 Å². The van der Waals surface area contributed by atoms with E-state index in [-0.39, 0.29) is 17.7 Å². The highest BCUT2D eigenvalue weighted by Crippen LogP contribution is 2.55. The van der Waals surface area contributed by atoms with Crippen LogP contribution in [0.1, 0.15) is 95.1 Å². The molecular weight excluding hydrogens is 485 g/mol. The maximum Gasteiger partial charge on any atom is 0.184 e. The van der Waals surface area contributed by atoms with Crippen molar-refractivity contribution >= 4 is 15.9 Å². The van der Waals surface area contributed by atoms with Gasteiger partial charge in [-0.25, -0.2) is 4.39 Å². The minimum Gasteiger partial charge on any atom is -0.382 e. The summed E-state index contributed by atoms with van der Waals surface area (Å²) >= 11 is 0. The van der Waals surface area contributed by atoms with Gasteiger partial charge in [-0.3, -0.25) is 4.99 Å². The first-order valence-corrected chi connectivity index (χ1v) is 15.3. The minimum atomic E-state index is -0.754. The fourth-order valence-corrected chi connectivity index (χ4v) is 8.17.